The van der Waals surface area contributed by atoms with Crippen LogP contribution in [0.3, 0.4) is 0 Å². The second kappa shape index (κ2) is 4.54. The van der Waals surface area contributed by atoms with Gasteiger partial charge in [0, 0.05) is 17.5 Å². The van der Waals surface area contributed by atoms with Crippen LogP contribution >= 0.6 is 11.3 Å². The molecule has 74 valence electrons. The van der Waals surface area contributed by atoms with Gasteiger partial charge >= 0.3 is 0 Å². The normalized spacial score (nSPS) is 19.4. The molecule has 14 heavy (non-hydrogen) atoms. The minimum atomic E-state index is 0.280. The van der Waals surface area contributed by atoms with Crippen LogP contribution in [0.4, 0.5) is 0 Å². The van der Waals surface area contributed by atoms with Crippen molar-refractivity contribution in [2.75, 3.05) is 13.1 Å². The number of hydrogen-bond donors (Lipinski definition) is 0. The monoisotopic (exact) mass is 207 g/mol. The highest BCUT2D eigenvalue weighted by atomic mass is 32.1. The summed E-state index contributed by atoms with van der Waals surface area (Å²) in [5.74, 6) is 0.280. The van der Waals surface area contributed by atoms with Crippen LogP contribution in [0.15, 0.2) is 11.6 Å². The molecule has 0 amide bonds. The van der Waals surface area contributed by atoms with Gasteiger partial charge in [0.25, 0.3) is 0 Å². The van der Waals surface area contributed by atoms with Crippen LogP contribution in [0, 0.1) is 17.2 Å². The van der Waals surface area contributed by atoms with Crippen LogP contribution < -0.4 is 0 Å². The molecule has 1 aliphatic heterocycles. The Hall–Kier alpha value is -0.920. The molecule has 0 bridgehead atoms. The van der Waals surface area contributed by atoms with E-state index in [0.717, 1.165) is 32.5 Å². The van der Waals surface area contributed by atoms with Crippen LogP contribution in [0.2, 0.25) is 0 Å². The Kier molecular flexibility index (Phi) is 3.12. The molecule has 1 aromatic heterocycles. The third kappa shape index (κ3) is 2.31. The molecule has 1 fully saturated rings. The molecule has 4 heteroatoms. The Balaban J connectivity index is 1.82. The van der Waals surface area contributed by atoms with Crippen LogP contribution in [-0.4, -0.2) is 23.0 Å². The molecule has 0 saturated carbocycles. The molecule has 0 radical (unpaired) electrons. The number of rotatable bonds is 2. The van der Waals surface area contributed by atoms with Crippen molar-refractivity contribution in [3.63, 3.8) is 0 Å². The van der Waals surface area contributed by atoms with Crippen molar-refractivity contribution in [1.29, 1.82) is 5.26 Å². The molecule has 0 atom stereocenters. The first-order chi connectivity index (χ1) is 6.88. The van der Waals surface area contributed by atoms with Crippen molar-refractivity contribution in [2.45, 2.75) is 19.4 Å². The summed E-state index contributed by atoms with van der Waals surface area (Å²) in [6.45, 7) is 3.03. The van der Waals surface area contributed by atoms with E-state index >= 15 is 0 Å². The molecule has 1 aromatic rings. The second-order valence-corrected chi connectivity index (χ2v) is 4.58. The van der Waals surface area contributed by atoms with Gasteiger partial charge in [0.1, 0.15) is 5.01 Å². The molecule has 3 nitrogen and oxygen atoms in total. The van der Waals surface area contributed by atoms with E-state index < -0.39 is 0 Å². The highest BCUT2D eigenvalue weighted by Gasteiger charge is 2.18. The zero-order valence-corrected chi connectivity index (χ0v) is 8.83. The fourth-order valence-corrected chi connectivity index (χ4v) is 2.40. The Bertz CT molecular complexity index is 307. The Morgan fingerprint density at radius 3 is 2.93 bits per heavy atom. The van der Waals surface area contributed by atoms with Gasteiger partial charge in [-0.2, -0.15) is 5.26 Å². The average molecular weight is 207 g/mol. The highest BCUT2D eigenvalue weighted by Crippen LogP contribution is 2.18. The predicted octanol–water partition coefficient (Wildman–Crippen LogP) is 1.88. The summed E-state index contributed by atoms with van der Waals surface area (Å²) < 4.78 is 0. The Morgan fingerprint density at radius 2 is 2.36 bits per heavy atom. The molecule has 0 aromatic carbocycles. The first-order valence-electron chi connectivity index (χ1n) is 4.89. The lowest BCUT2D eigenvalue weighted by molar-refractivity contribution is 0.198. The van der Waals surface area contributed by atoms with Crippen molar-refractivity contribution >= 4 is 11.3 Å². The molecular formula is C10H13N3S. The molecule has 1 saturated heterocycles. The Labute approximate surface area is 88.0 Å². The SMILES string of the molecule is N#CC1CCN(Cc2nccs2)CC1. The molecule has 2 heterocycles. The summed E-state index contributed by atoms with van der Waals surface area (Å²) in [4.78, 5) is 6.64. The molecule has 0 aliphatic carbocycles. The maximum Gasteiger partial charge on any atom is 0.107 e. The number of likely N-dealkylation sites (tertiary alicyclic amines) is 1. The van der Waals surface area contributed by atoms with Gasteiger partial charge in [-0.05, 0) is 25.9 Å². The zero-order chi connectivity index (χ0) is 9.80. The fourth-order valence-electron chi connectivity index (χ4n) is 1.74. The summed E-state index contributed by atoms with van der Waals surface area (Å²) in [6, 6.07) is 2.34. The van der Waals surface area contributed by atoms with E-state index in [2.05, 4.69) is 16.0 Å². The van der Waals surface area contributed by atoms with E-state index in [9.17, 15) is 0 Å². The van der Waals surface area contributed by atoms with Gasteiger partial charge in [0.15, 0.2) is 0 Å². The van der Waals surface area contributed by atoms with Crippen molar-refractivity contribution in [3.8, 4) is 6.07 Å². The van der Waals surface area contributed by atoms with Gasteiger partial charge in [-0.25, -0.2) is 4.98 Å². The first-order valence-corrected chi connectivity index (χ1v) is 5.77. The van der Waals surface area contributed by atoms with E-state index in [0.29, 0.717) is 0 Å². The Morgan fingerprint density at radius 1 is 1.57 bits per heavy atom. The summed E-state index contributed by atoms with van der Waals surface area (Å²) >= 11 is 1.71. The van der Waals surface area contributed by atoms with E-state index in [1.807, 2.05) is 11.6 Å². The molecular weight excluding hydrogens is 194 g/mol. The largest absolute Gasteiger partial charge is 0.297 e. The molecule has 2 rings (SSSR count). The quantitative estimate of drug-likeness (QED) is 0.743. The molecule has 0 unspecified atom stereocenters. The third-order valence-corrected chi connectivity index (χ3v) is 3.38. The molecule has 1 aliphatic rings. The lowest BCUT2D eigenvalue weighted by Crippen LogP contribution is -2.32. The summed E-state index contributed by atoms with van der Waals surface area (Å²) in [6.07, 6.45) is 3.88. The van der Waals surface area contributed by atoms with Gasteiger partial charge in [-0.3, -0.25) is 4.90 Å². The van der Waals surface area contributed by atoms with Crippen LogP contribution in [0.1, 0.15) is 17.8 Å². The van der Waals surface area contributed by atoms with Crippen molar-refractivity contribution in [3.05, 3.63) is 16.6 Å². The standard InChI is InChI=1S/C10H13N3S/c11-7-9-1-4-13(5-2-9)8-10-12-3-6-14-10/h3,6,9H,1-2,4-5,8H2. The van der Waals surface area contributed by atoms with E-state index in [-0.39, 0.29) is 5.92 Å². The lowest BCUT2D eigenvalue weighted by Gasteiger charge is -2.27. The number of piperidine rings is 1. The smallest absolute Gasteiger partial charge is 0.107 e. The van der Waals surface area contributed by atoms with Crippen molar-refractivity contribution < 1.29 is 0 Å². The predicted molar refractivity (Wildman–Crippen MR) is 55.7 cm³/mol. The summed E-state index contributed by atoms with van der Waals surface area (Å²) in [5.41, 5.74) is 0. The lowest BCUT2D eigenvalue weighted by atomic mass is 9.99. The maximum absolute atomic E-state index is 8.76. The van der Waals surface area contributed by atoms with Crippen molar-refractivity contribution in [1.82, 2.24) is 9.88 Å². The van der Waals surface area contributed by atoms with Gasteiger partial charge in [-0.1, -0.05) is 0 Å². The van der Waals surface area contributed by atoms with Gasteiger partial charge in [0.05, 0.1) is 12.6 Å². The second-order valence-electron chi connectivity index (χ2n) is 3.61. The van der Waals surface area contributed by atoms with E-state index in [4.69, 9.17) is 5.26 Å². The van der Waals surface area contributed by atoms with E-state index in [1.54, 1.807) is 11.3 Å². The number of nitriles is 1. The highest BCUT2D eigenvalue weighted by molar-refractivity contribution is 7.09. The number of hydrogen-bond acceptors (Lipinski definition) is 4. The maximum atomic E-state index is 8.76. The summed E-state index contributed by atoms with van der Waals surface area (Å²) in [7, 11) is 0. The molecule has 0 N–H and O–H groups in total. The average Bonchev–Trinajstić information content (AvgIpc) is 2.72. The van der Waals surface area contributed by atoms with Crippen LogP contribution in [0.5, 0.6) is 0 Å². The van der Waals surface area contributed by atoms with E-state index in [1.165, 1.54) is 5.01 Å². The van der Waals surface area contributed by atoms with Crippen molar-refractivity contribution in [2.24, 2.45) is 5.92 Å². The number of aromatic nitrogens is 1. The fraction of sp³-hybridized carbons (Fsp3) is 0.600. The third-order valence-electron chi connectivity index (χ3n) is 2.61. The number of thiazole rings is 1. The molecule has 0 spiro atoms. The van der Waals surface area contributed by atoms with Gasteiger partial charge < -0.3 is 0 Å². The van der Waals surface area contributed by atoms with Crippen LogP contribution in [0.25, 0.3) is 0 Å². The van der Waals surface area contributed by atoms with Gasteiger partial charge in [-0.15, -0.1) is 11.3 Å². The summed E-state index contributed by atoms with van der Waals surface area (Å²) in [5, 5.41) is 11.9. The topological polar surface area (TPSA) is 39.9 Å². The minimum Gasteiger partial charge on any atom is -0.297 e. The zero-order valence-electron chi connectivity index (χ0n) is 8.02. The van der Waals surface area contributed by atoms with Crippen LogP contribution in [-0.2, 0) is 6.54 Å². The minimum absolute atomic E-state index is 0.280. The first kappa shape index (κ1) is 9.63. The number of nitrogens with zero attached hydrogens (tertiary/aromatic N) is 3. The van der Waals surface area contributed by atoms with Gasteiger partial charge in [0.2, 0.25) is 0 Å².